The molecule has 1 fully saturated rings. The number of ketones is 1. The van der Waals surface area contributed by atoms with Crippen LogP contribution in [0.3, 0.4) is 0 Å². The van der Waals surface area contributed by atoms with Crippen LogP contribution < -0.4 is 0 Å². The van der Waals surface area contributed by atoms with Crippen LogP contribution in [0.25, 0.3) is 0 Å². The summed E-state index contributed by atoms with van der Waals surface area (Å²) >= 11 is 0. The van der Waals surface area contributed by atoms with E-state index in [0.717, 1.165) is 18.4 Å². The van der Waals surface area contributed by atoms with Crippen molar-refractivity contribution >= 4 is 11.8 Å². The Morgan fingerprint density at radius 3 is 2.30 bits per heavy atom. The van der Waals surface area contributed by atoms with E-state index < -0.39 is 0 Å². The third kappa shape index (κ3) is 4.66. The molecular formula is C20H28O3. The maximum Gasteiger partial charge on any atom is 0.306 e. The van der Waals surface area contributed by atoms with Crippen LogP contribution in [0, 0.1) is 23.2 Å². The molecule has 1 aliphatic carbocycles. The van der Waals surface area contributed by atoms with Crippen LogP contribution in [0.15, 0.2) is 30.3 Å². The second kappa shape index (κ2) is 7.29. The molecule has 126 valence electrons. The lowest BCUT2D eigenvalue weighted by molar-refractivity contribution is -0.150. The van der Waals surface area contributed by atoms with E-state index in [2.05, 4.69) is 13.8 Å². The third-order valence-electron chi connectivity index (χ3n) is 5.05. The number of Topliss-reactive ketones (excluding diaryl/α,β-unsaturated/α-hetero) is 1. The summed E-state index contributed by atoms with van der Waals surface area (Å²) < 4.78 is 5.39. The molecular weight excluding hydrogens is 288 g/mol. The van der Waals surface area contributed by atoms with Crippen LogP contribution >= 0.6 is 0 Å². The Balaban J connectivity index is 1.99. The second-order valence-corrected chi connectivity index (χ2v) is 7.56. The van der Waals surface area contributed by atoms with E-state index >= 15 is 0 Å². The van der Waals surface area contributed by atoms with E-state index in [9.17, 15) is 9.59 Å². The van der Waals surface area contributed by atoms with Crippen molar-refractivity contribution in [3.8, 4) is 0 Å². The van der Waals surface area contributed by atoms with Crippen LogP contribution in [-0.2, 0) is 20.9 Å². The summed E-state index contributed by atoms with van der Waals surface area (Å²) in [7, 11) is 0. The number of esters is 1. The summed E-state index contributed by atoms with van der Waals surface area (Å²) in [5.41, 5.74) is 0.835. The summed E-state index contributed by atoms with van der Waals surface area (Å²) in [4.78, 5) is 24.9. The quantitative estimate of drug-likeness (QED) is 0.668. The van der Waals surface area contributed by atoms with Crippen molar-refractivity contribution in [1.29, 1.82) is 0 Å². The Kier molecular flexibility index (Phi) is 5.61. The summed E-state index contributed by atoms with van der Waals surface area (Å²) in [6.45, 7) is 8.34. The molecule has 0 aliphatic heterocycles. The van der Waals surface area contributed by atoms with Gasteiger partial charge in [0.2, 0.25) is 0 Å². The molecule has 0 bridgehead atoms. The highest BCUT2D eigenvalue weighted by atomic mass is 16.5. The molecule has 0 amide bonds. The molecule has 0 aromatic heterocycles. The zero-order valence-electron chi connectivity index (χ0n) is 14.7. The summed E-state index contributed by atoms with van der Waals surface area (Å²) in [5.74, 6) is 0.149. The largest absolute Gasteiger partial charge is 0.461 e. The lowest BCUT2D eigenvalue weighted by Crippen LogP contribution is -2.37. The predicted molar refractivity (Wildman–Crippen MR) is 90.7 cm³/mol. The summed E-state index contributed by atoms with van der Waals surface area (Å²) in [6, 6.07) is 9.63. The van der Waals surface area contributed by atoms with E-state index in [0.29, 0.717) is 5.92 Å². The highest BCUT2D eigenvalue weighted by Gasteiger charge is 2.47. The minimum absolute atomic E-state index is 0.0556. The van der Waals surface area contributed by atoms with E-state index in [4.69, 9.17) is 4.74 Å². The molecule has 3 nitrogen and oxygen atoms in total. The number of rotatable bonds is 8. The van der Waals surface area contributed by atoms with Crippen molar-refractivity contribution in [3.05, 3.63) is 35.9 Å². The molecule has 0 N–H and O–H groups in total. The van der Waals surface area contributed by atoms with Gasteiger partial charge >= 0.3 is 5.97 Å². The van der Waals surface area contributed by atoms with Gasteiger partial charge in [0.05, 0.1) is 6.42 Å². The number of hydrogen-bond acceptors (Lipinski definition) is 3. The first-order valence-electron chi connectivity index (χ1n) is 8.55. The van der Waals surface area contributed by atoms with Gasteiger partial charge in [0, 0.05) is 11.8 Å². The lowest BCUT2D eigenvalue weighted by Gasteiger charge is -2.34. The molecule has 1 atom stereocenters. The zero-order valence-corrected chi connectivity index (χ0v) is 14.7. The van der Waals surface area contributed by atoms with Gasteiger partial charge < -0.3 is 4.74 Å². The van der Waals surface area contributed by atoms with Gasteiger partial charge in [-0.1, -0.05) is 58.0 Å². The van der Waals surface area contributed by atoms with Gasteiger partial charge in [-0.3, -0.25) is 9.59 Å². The monoisotopic (exact) mass is 316 g/mol. The van der Waals surface area contributed by atoms with Gasteiger partial charge in [0.25, 0.3) is 0 Å². The predicted octanol–water partition coefficient (Wildman–Crippen LogP) is 4.40. The molecule has 1 aromatic carbocycles. The first kappa shape index (κ1) is 17.7. The topological polar surface area (TPSA) is 43.4 Å². The number of ether oxygens (including phenoxy) is 1. The second-order valence-electron chi connectivity index (χ2n) is 7.56. The van der Waals surface area contributed by atoms with Gasteiger partial charge in [-0.25, -0.2) is 0 Å². The van der Waals surface area contributed by atoms with E-state index in [1.807, 2.05) is 44.2 Å². The third-order valence-corrected chi connectivity index (χ3v) is 5.05. The normalized spacial score (nSPS) is 16.2. The molecule has 0 spiro atoms. The van der Waals surface area contributed by atoms with Crippen molar-refractivity contribution in [2.45, 2.75) is 53.6 Å². The zero-order chi connectivity index (χ0) is 17.0. The van der Waals surface area contributed by atoms with Gasteiger partial charge in [0.1, 0.15) is 12.4 Å². The first-order chi connectivity index (χ1) is 10.8. The van der Waals surface area contributed by atoms with Crippen LogP contribution in [-0.4, -0.2) is 11.8 Å². The van der Waals surface area contributed by atoms with Crippen molar-refractivity contribution in [1.82, 2.24) is 0 Å². The fourth-order valence-electron chi connectivity index (χ4n) is 3.21. The molecule has 3 heteroatoms. The Labute approximate surface area is 139 Å². The highest BCUT2D eigenvalue weighted by Crippen LogP contribution is 2.51. The van der Waals surface area contributed by atoms with E-state index in [1.54, 1.807) is 0 Å². The maximum atomic E-state index is 12.6. The molecule has 23 heavy (non-hydrogen) atoms. The van der Waals surface area contributed by atoms with Crippen LogP contribution in [0.4, 0.5) is 0 Å². The Hall–Kier alpha value is -1.64. The smallest absolute Gasteiger partial charge is 0.306 e. The van der Waals surface area contributed by atoms with E-state index in [1.165, 1.54) is 0 Å². The minimum Gasteiger partial charge on any atom is -0.461 e. The Morgan fingerprint density at radius 1 is 1.17 bits per heavy atom. The van der Waals surface area contributed by atoms with Crippen LogP contribution in [0.2, 0.25) is 0 Å². The average Bonchev–Trinajstić information content (AvgIpc) is 3.36. The van der Waals surface area contributed by atoms with Crippen LogP contribution in [0.1, 0.15) is 52.5 Å². The Morgan fingerprint density at radius 2 is 1.78 bits per heavy atom. The molecule has 0 saturated heterocycles. The van der Waals surface area contributed by atoms with Gasteiger partial charge in [-0.15, -0.1) is 0 Å². The van der Waals surface area contributed by atoms with Gasteiger partial charge in [0.15, 0.2) is 0 Å². The number of carbonyl (C=O) groups is 2. The maximum absolute atomic E-state index is 12.6. The fourth-order valence-corrected chi connectivity index (χ4v) is 3.21. The molecule has 2 rings (SSSR count). The van der Waals surface area contributed by atoms with Crippen molar-refractivity contribution < 1.29 is 14.3 Å². The number of benzene rings is 1. The summed E-state index contributed by atoms with van der Waals surface area (Å²) in [6.07, 6.45) is 2.51. The number of carbonyl (C=O) groups excluding carboxylic acids is 2. The minimum atomic E-state index is -0.276. The molecule has 1 unspecified atom stereocenters. The van der Waals surface area contributed by atoms with Gasteiger partial charge in [-0.05, 0) is 29.7 Å². The standard InChI is InChI=1S/C20H28O3/c1-14(2)19(22)17(20(3,4)16-10-11-16)12-18(21)23-13-15-8-6-5-7-9-15/h5-9,14,16-17H,10-13H2,1-4H3. The lowest BCUT2D eigenvalue weighted by atomic mass is 9.69. The van der Waals surface area contributed by atoms with Crippen molar-refractivity contribution in [2.24, 2.45) is 23.2 Å². The summed E-state index contributed by atoms with van der Waals surface area (Å²) in [5, 5.41) is 0. The first-order valence-corrected chi connectivity index (χ1v) is 8.55. The van der Waals surface area contributed by atoms with Crippen molar-refractivity contribution in [3.63, 3.8) is 0 Å². The fraction of sp³-hybridized carbons (Fsp3) is 0.600. The molecule has 0 radical (unpaired) electrons. The van der Waals surface area contributed by atoms with Crippen LogP contribution in [0.5, 0.6) is 0 Å². The van der Waals surface area contributed by atoms with Gasteiger partial charge in [-0.2, -0.15) is 0 Å². The van der Waals surface area contributed by atoms with E-state index in [-0.39, 0.29) is 42.0 Å². The average molecular weight is 316 g/mol. The van der Waals surface area contributed by atoms with Crippen molar-refractivity contribution in [2.75, 3.05) is 0 Å². The molecule has 1 aliphatic rings. The molecule has 1 saturated carbocycles. The Bertz CT molecular complexity index is 541. The molecule has 0 heterocycles. The highest BCUT2D eigenvalue weighted by molar-refractivity contribution is 5.87. The molecule has 1 aromatic rings. The SMILES string of the molecule is CC(C)C(=O)C(CC(=O)OCc1ccccc1)C(C)(C)C1CC1. The number of hydrogen-bond donors (Lipinski definition) is 0.